The molecule has 1 unspecified atom stereocenters. The first-order chi connectivity index (χ1) is 16.8. The number of benzene rings is 2. The van der Waals surface area contributed by atoms with Crippen LogP contribution in [0.2, 0.25) is 0 Å². The van der Waals surface area contributed by atoms with Gasteiger partial charge < -0.3 is 9.45 Å². The summed E-state index contributed by atoms with van der Waals surface area (Å²) in [5.41, 5.74) is 2.89. The summed E-state index contributed by atoms with van der Waals surface area (Å²) in [6, 6.07) is 18.5. The number of urea groups is 1. The summed E-state index contributed by atoms with van der Waals surface area (Å²) in [6.07, 6.45) is 7.72. The quantitative estimate of drug-likeness (QED) is 0.535. The molecule has 1 spiro atoms. The van der Waals surface area contributed by atoms with Crippen molar-refractivity contribution in [1.82, 2.24) is 9.80 Å². The molecule has 3 fully saturated rings. The highest BCUT2D eigenvalue weighted by molar-refractivity contribution is 7.78. The fraction of sp³-hybridized carbons (Fsp3) is 0.536. The van der Waals surface area contributed by atoms with Gasteiger partial charge in [0.1, 0.15) is 0 Å². The maximum atomic E-state index is 13.8. The average Bonchev–Trinajstić information content (AvgIpc) is 3.08. The van der Waals surface area contributed by atoms with E-state index in [-0.39, 0.29) is 22.9 Å². The van der Waals surface area contributed by atoms with Crippen LogP contribution in [0.1, 0.15) is 56.1 Å². The summed E-state index contributed by atoms with van der Waals surface area (Å²) in [5, 5.41) is 0. The number of carbonyl (C=O) groups excluding carboxylic acids is 1. The number of amides is 2. The van der Waals surface area contributed by atoms with Crippen LogP contribution in [-0.2, 0) is 22.4 Å². The first kappa shape index (κ1) is 24.5. The van der Waals surface area contributed by atoms with Crippen LogP contribution >= 0.6 is 0 Å². The number of hydrogen-bond acceptors (Lipinski definition) is 3. The maximum Gasteiger partial charge on any atom is 0.325 e. The van der Waals surface area contributed by atoms with Crippen LogP contribution < -0.4 is 4.90 Å². The van der Waals surface area contributed by atoms with E-state index in [4.69, 9.17) is 0 Å². The first-order valence-corrected chi connectivity index (χ1v) is 14.1. The highest BCUT2D eigenvalue weighted by Crippen LogP contribution is 2.50. The lowest BCUT2D eigenvalue weighted by Crippen LogP contribution is -2.56. The van der Waals surface area contributed by atoms with Crippen molar-refractivity contribution in [1.29, 1.82) is 0 Å². The van der Waals surface area contributed by atoms with Crippen LogP contribution in [0.4, 0.5) is 10.5 Å². The van der Waals surface area contributed by atoms with Crippen LogP contribution in [-0.4, -0.2) is 57.3 Å². The minimum atomic E-state index is -1.87. The smallest absolute Gasteiger partial charge is 0.317 e. The summed E-state index contributed by atoms with van der Waals surface area (Å²) in [4.78, 5) is 20.4. The van der Waals surface area contributed by atoms with Crippen LogP contribution in [0.3, 0.4) is 0 Å². The highest BCUT2D eigenvalue weighted by Gasteiger charge is 2.55. The van der Waals surface area contributed by atoms with Gasteiger partial charge in [-0.25, -0.2) is 9.00 Å². The van der Waals surface area contributed by atoms with Gasteiger partial charge in [-0.1, -0.05) is 48.9 Å². The van der Waals surface area contributed by atoms with Crippen molar-refractivity contribution in [2.24, 2.45) is 5.92 Å². The molecule has 3 aliphatic rings. The van der Waals surface area contributed by atoms with Crippen LogP contribution in [0.25, 0.3) is 0 Å². The Kier molecular flexibility index (Phi) is 6.77. The van der Waals surface area contributed by atoms with Gasteiger partial charge in [-0.05, 0) is 81.8 Å². The second kappa shape index (κ2) is 9.68. The Morgan fingerprint density at radius 2 is 1.66 bits per heavy atom. The molecule has 2 amide bonds. The third kappa shape index (κ3) is 4.54. The fourth-order valence-electron chi connectivity index (χ4n) is 6.42. The Morgan fingerprint density at radius 1 is 1.00 bits per heavy atom. The molecule has 1 heterocycles. The lowest BCUT2D eigenvalue weighted by Gasteiger charge is -2.51. The molecule has 1 saturated heterocycles. The number of carbonyl (C=O) groups is 1. The highest BCUT2D eigenvalue weighted by atomic mass is 32.2. The second-order valence-corrected chi connectivity index (χ2v) is 11.9. The zero-order chi connectivity index (χ0) is 24.6. The summed E-state index contributed by atoms with van der Waals surface area (Å²) in [6.45, 7) is 1.57. The molecule has 6 nitrogen and oxygen atoms in total. The first-order valence-electron chi connectivity index (χ1n) is 12.8. The van der Waals surface area contributed by atoms with Gasteiger partial charge in [-0.15, -0.1) is 0 Å². The minimum Gasteiger partial charge on any atom is -0.317 e. The Hall–Kier alpha value is -2.22. The lowest BCUT2D eigenvalue weighted by molar-refractivity contribution is 0.0172. The van der Waals surface area contributed by atoms with E-state index in [9.17, 15) is 13.6 Å². The van der Waals surface area contributed by atoms with Gasteiger partial charge in [-0.2, -0.15) is 0 Å². The molecular formula is C28H37N3O3S. The van der Waals surface area contributed by atoms with Crippen molar-refractivity contribution in [3.8, 4) is 0 Å². The summed E-state index contributed by atoms with van der Waals surface area (Å²) in [7, 11) is 4.37. The summed E-state index contributed by atoms with van der Waals surface area (Å²) >= 11 is -1.87. The summed E-state index contributed by atoms with van der Waals surface area (Å²) < 4.78 is 20.4. The molecule has 2 aromatic carbocycles. The third-order valence-corrected chi connectivity index (χ3v) is 9.45. The third-order valence-electron chi connectivity index (χ3n) is 8.87. The van der Waals surface area contributed by atoms with Crippen molar-refractivity contribution in [2.45, 2.75) is 61.8 Å². The predicted octanol–water partition coefficient (Wildman–Crippen LogP) is 5.22. The molecular weight excluding hydrogens is 458 g/mol. The van der Waals surface area contributed by atoms with Crippen molar-refractivity contribution in [3.05, 3.63) is 65.7 Å². The molecule has 1 atom stereocenters. The number of anilines is 1. The van der Waals surface area contributed by atoms with Crippen molar-refractivity contribution in [2.75, 3.05) is 32.1 Å². The summed E-state index contributed by atoms with van der Waals surface area (Å²) in [5.74, 6) is 0.727. The van der Waals surface area contributed by atoms with E-state index in [1.807, 2.05) is 29.2 Å². The molecule has 35 heavy (non-hydrogen) atoms. The topological polar surface area (TPSA) is 64.1 Å². The van der Waals surface area contributed by atoms with Crippen LogP contribution in [0.5, 0.6) is 0 Å². The van der Waals surface area contributed by atoms with Gasteiger partial charge >= 0.3 is 6.03 Å². The normalized spacial score (nSPS) is 28.1. The van der Waals surface area contributed by atoms with Crippen LogP contribution in [0, 0.1) is 5.92 Å². The molecule has 2 saturated carbocycles. The van der Waals surface area contributed by atoms with E-state index in [2.05, 4.69) is 54.2 Å². The number of hydrogen-bond donors (Lipinski definition) is 1. The molecule has 0 aromatic heterocycles. The molecule has 188 valence electrons. The Labute approximate surface area is 211 Å². The van der Waals surface area contributed by atoms with E-state index >= 15 is 0 Å². The van der Waals surface area contributed by atoms with E-state index in [0.717, 1.165) is 43.5 Å². The molecule has 1 N–H and O–H groups in total. The Bertz CT molecular complexity index is 1060. The van der Waals surface area contributed by atoms with Gasteiger partial charge in [0.25, 0.3) is 0 Å². The van der Waals surface area contributed by atoms with Crippen LogP contribution in [0.15, 0.2) is 54.6 Å². The average molecular weight is 496 g/mol. The largest absolute Gasteiger partial charge is 0.325 e. The molecule has 1 aliphatic heterocycles. The van der Waals surface area contributed by atoms with Gasteiger partial charge in [0.2, 0.25) is 0 Å². The van der Waals surface area contributed by atoms with Gasteiger partial charge in [0.05, 0.1) is 17.8 Å². The Balaban J connectivity index is 1.42. The molecule has 2 aromatic rings. The predicted molar refractivity (Wildman–Crippen MR) is 141 cm³/mol. The standard InChI is InChI=1S/C28H37N3O3S/c1-29(2)28(24-9-4-3-5-10-24)17-15-27(16-18-28)21-30(26(32)31(27)19-22-7-6-8-22)25-13-11-23(12-14-25)20-35(33)34/h3-5,9-14,22H,6-8,15-21H2,1-2H3,(H,33,34). The van der Waals surface area contributed by atoms with Gasteiger partial charge in [0, 0.05) is 17.8 Å². The lowest BCUT2D eigenvalue weighted by atomic mass is 9.68. The zero-order valence-electron chi connectivity index (χ0n) is 20.9. The second-order valence-electron chi connectivity index (χ2n) is 10.9. The van der Waals surface area contributed by atoms with E-state index < -0.39 is 11.1 Å². The zero-order valence-corrected chi connectivity index (χ0v) is 21.7. The number of nitrogens with zero attached hydrogens (tertiary/aromatic N) is 3. The maximum absolute atomic E-state index is 13.8. The van der Waals surface area contributed by atoms with Crippen molar-refractivity contribution < 1.29 is 13.6 Å². The van der Waals surface area contributed by atoms with Gasteiger partial charge in [0.15, 0.2) is 11.1 Å². The van der Waals surface area contributed by atoms with Crippen molar-refractivity contribution in [3.63, 3.8) is 0 Å². The van der Waals surface area contributed by atoms with Crippen molar-refractivity contribution >= 4 is 22.8 Å². The van der Waals surface area contributed by atoms with E-state index in [1.165, 1.54) is 24.8 Å². The monoisotopic (exact) mass is 495 g/mol. The SMILES string of the molecule is CN(C)C1(c2ccccc2)CCC2(CC1)CN(c1ccc(CS(=O)O)cc1)C(=O)N2CC1CCC1. The van der Waals surface area contributed by atoms with E-state index in [0.29, 0.717) is 12.5 Å². The number of rotatable bonds is 7. The molecule has 5 rings (SSSR count). The fourth-order valence-corrected chi connectivity index (χ4v) is 6.89. The molecule has 2 aliphatic carbocycles. The van der Waals surface area contributed by atoms with Gasteiger partial charge in [-0.3, -0.25) is 9.80 Å². The molecule has 7 heteroatoms. The molecule has 0 bridgehead atoms. The van der Waals surface area contributed by atoms with E-state index in [1.54, 1.807) is 0 Å². The minimum absolute atomic E-state index is 0.00723. The molecule has 0 radical (unpaired) electrons. The Morgan fingerprint density at radius 3 is 2.20 bits per heavy atom.